The van der Waals surface area contributed by atoms with Crippen LogP contribution in [0.2, 0.25) is 0 Å². The Morgan fingerprint density at radius 2 is 1.88 bits per heavy atom. The standard InChI is InChI=1S/C20H38N4O/c1-20(2,3)18-16(8-7-13-25-18)14-22-19(21-4)24-12-9-17(15-24)23-10-5-6-11-23/h16-18H,5-15H2,1-4H3,(H,21,22). The Bertz CT molecular complexity index is 453. The van der Waals surface area contributed by atoms with Crippen molar-refractivity contribution in [3.8, 4) is 0 Å². The Balaban J connectivity index is 1.52. The van der Waals surface area contributed by atoms with Gasteiger partial charge < -0.3 is 15.0 Å². The number of guanidine groups is 1. The first-order valence-electron chi connectivity index (χ1n) is 10.3. The molecule has 25 heavy (non-hydrogen) atoms. The van der Waals surface area contributed by atoms with Gasteiger partial charge in [-0.05, 0) is 50.6 Å². The molecule has 0 bridgehead atoms. The number of hydrogen-bond donors (Lipinski definition) is 1. The first-order chi connectivity index (χ1) is 12.0. The average Bonchev–Trinajstić information content (AvgIpc) is 3.26. The molecule has 144 valence electrons. The maximum absolute atomic E-state index is 6.13. The molecule has 0 saturated carbocycles. The quantitative estimate of drug-likeness (QED) is 0.627. The highest BCUT2D eigenvalue weighted by atomic mass is 16.5. The SMILES string of the molecule is CN=C(NCC1CCCOC1C(C)(C)C)N1CCC(N2CCCC2)C1. The number of rotatable bonds is 3. The highest BCUT2D eigenvalue weighted by Crippen LogP contribution is 2.33. The zero-order valence-electron chi connectivity index (χ0n) is 16.8. The molecule has 0 amide bonds. The minimum atomic E-state index is 0.199. The molecule has 3 saturated heterocycles. The van der Waals surface area contributed by atoms with Crippen LogP contribution in [0.5, 0.6) is 0 Å². The molecule has 3 rings (SSSR count). The molecular formula is C20H38N4O. The second-order valence-electron chi connectivity index (χ2n) is 9.12. The van der Waals surface area contributed by atoms with Crippen LogP contribution < -0.4 is 5.32 Å². The molecule has 0 aromatic carbocycles. The molecule has 0 radical (unpaired) electrons. The van der Waals surface area contributed by atoms with E-state index in [0.717, 1.165) is 38.2 Å². The number of nitrogens with zero attached hydrogens (tertiary/aromatic N) is 3. The molecule has 3 unspecified atom stereocenters. The molecule has 0 spiro atoms. The Kier molecular flexibility index (Phi) is 6.26. The molecule has 0 aliphatic carbocycles. The van der Waals surface area contributed by atoms with Gasteiger partial charge in [-0.25, -0.2) is 0 Å². The van der Waals surface area contributed by atoms with Crippen LogP contribution in [-0.2, 0) is 4.74 Å². The summed E-state index contributed by atoms with van der Waals surface area (Å²) in [6.07, 6.45) is 6.79. The van der Waals surface area contributed by atoms with Crippen LogP contribution in [0.3, 0.4) is 0 Å². The number of ether oxygens (including phenoxy) is 1. The molecular weight excluding hydrogens is 312 g/mol. The van der Waals surface area contributed by atoms with Crippen LogP contribution in [0.15, 0.2) is 4.99 Å². The third kappa shape index (κ3) is 4.68. The van der Waals surface area contributed by atoms with E-state index in [9.17, 15) is 0 Å². The second kappa shape index (κ2) is 8.26. The first kappa shape index (κ1) is 19.0. The molecule has 5 heteroatoms. The highest BCUT2D eigenvalue weighted by molar-refractivity contribution is 5.80. The van der Waals surface area contributed by atoms with Crippen molar-refractivity contribution in [2.75, 3.05) is 46.4 Å². The Hall–Kier alpha value is -0.810. The van der Waals surface area contributed by atoms with Crippen molar-refractivity contribution in [2.24, 2.45) is 16.3 Å². The van der Waals surface area contributed by atoms with Crippen LogP contribution in [0.4, 0.5) is 0 Å². The van der Waals surface area contributed by atoms with Gasteiger partial charge in [0, 0.05) is 45.2 Å². The van der Waals surface area contributed by atoms with E-state index in [1.807, 2.05) is 7.05 Å². The smallest absolute Gasteiger partial charge is 0.193 e. The Labute approximate surface area is 154 Å². The summed E-state index contributed by atoms with van der Waals surface area (Å²) in [5.41, 5.74) is 0.199. The highest BCUT2D eigenvalue weighted by Gasteiger charge is 2.36. The van der Waals surface area contributed by atoms with Gasteiger partial charge in [-0.2, -0.15) is 0 Å². The monoisotopic (exact) mass is 350 g/mol. The molecule has 5 nitrogen and oxygen atoms in total. The Morgan fingerprint density at radius 3 is 2.56 bits per heavy atom. The van der Waals surface area contributed by atoms with E-state index < -0.39 is 0 Å². The largest absolute Gasteiger partial charge is 0.377 e. The maximum atomic E-state index is 6.13. The van der Waals surface area contributed by atoms with Gasteiger partial charge in [0.2, 0.25) is 0 Å². The lowest BCUT2D eigenvalue weighted by molar-refractivity contribution is -0.0836. The average molecular weight is 351 g/mol. The summed E-state index contributed by atoms with van der Waals surface area (Å²) in [4.78, 5) is 9.71. The van der Waals surface area contributed by atoms with Crippen molar-refractivity contribution >= 4 is 5.96 Å². The van der Waals surface area contributed by atoms with Gasteiger partial charge in [-0.3, -0.25) is 9.89 Å². The summed E-state index contributed by atoms with van der Waals surface area (Å²) < 4.78 is 6.13. The van der Waals surface area contributed by atoms with Crippen molar-refractivity contribution in [1.29, 1.82) is 0 Å². The molecule has 3 fully saturated rings. The number of aliphatic imine (C=N–C) groups is 1. The van der Waals surface area contributed by atoms with Crippen molar-refractivity contribution in [3.63, 3.8) is 0 Å². The van der Waals surface area contributed by atoms with Crippen LogP contribution in [-0.4, -0.2) is 74.3 Å². The van der Waals surface area contributed by atoms with Crippen LogP contribution in [0.25, 0.3) is 0 Å². The van der Waals surface area contributed by atoms with Gasteiger partial charge in [0.05, 0.1) is 6.10 Å². The Morgan fingerprint density at radius 1 is 1.12 bits per heavy atom. The minimum absolute atomic E-state index is 0.199. The van der Waals surface area contributed by atoms with Crippen LogP contribution >= 0.6 is 0 Å². The van der Waals surface area contributed by atoms with Gasteiger partial charge in [-0.1, -0.05) is 20.8 Å². The fourth-order valence-corrected chi connectivity index (χ4v) is 4.90. The van der Waals surface area contributed by atoms with E-state index in [1.165, 1.54) is 45.2 Å². The van der Waals surface area contributed by atoms with E-state index in [2.05, 4.69) is 40.9 Å². The third-order valence-corrected chi connectivity index (χ3v) is 6.15. The van der Waals surface area contributed by atoms with E-state index in [4.69, 9.17) is 4.74 Å². The topological polar surface area (TPSA) is 40.1 Å². The van der Waals surface area contributed by atoms with Gasteiger partial charge in [0.15, 0.2) is 5.96 Å². The van der Waals surface area contributed by atoms with Crippen LogP contribution in [0.1, 0.15) is 52.9 Å². The van der Waals surface area contributed by atoms with E-state index in [-0.39, 0.29) is 5.41 Å². The lowest BCUT2D eigenvalue weighted by Crippen LogP contribution is -2.48. The van der Waals surface area contributed by atoms with Gasteiger partial charge in [0.25, 0.3) is 0 Å². The summed E-state index contributed by atoms with van der Waals surface area (Å²) in [6, 6.07) is 0.724. The third-order valence-electron chi connectivity index (χ3n) is 6.15. The van der Waals surface area contributed by atoms with Crippen molar-refractivity contribution < 1.29 is 4.74 Å². The summed E-state index contributed by atoms with van der Waals surface area (Å²) in [5, 5.41) is 3.67. The van der Waals surface area contributed by atoms with Crippen molar-refractivity contribution in [3.05, 3.63) is 0 Å². The molecule has 3 aliphatic heterocycles. The molecule has 3 aliphatic rings. The lowest BCUT2D eigenvalue weighted by Gasteiger charge is -2.40. The maximum Gasteiger partial charge on any atom is 0.193 e. The predicted octanol–water partition coefficient (Wildman–Crippen LogP) is 2.57. The normalized spacial score (nSPS) is 32.4. The fraction of sp³-hybridized carbons (Fsp3) is 0.950. The minimum Gasteiger partial charge on any atom is -0.377 e. The first-order valence-corrected chi connectivity index (χ1v) is 10.3. The molecule has 0 aromatic heterocycles. The summed E-state index contributed by atoms with van der Waals surface area (Å²) >= 11 is 0. The predicted molar refractivity (Wildman–Crippen MR) is 104 cm³/mol. The van der Waals surface area contributed by atoms with Gasteiger partial charge >= 0.3 is 0 Å². The van der Waals surface area contributed by atoms with E-state index in [1.54, 1.807) is 0 Å². The molecule has 3 heterocycles. The van der Waals surface area contributed by atoms with Gasteiger partial charge in [0.1, 0.15) is 0 Å². The van der Waals surface area contributed by atoms with Gasteiger partial charge in [-0.15, -0.1) is 0 Å². The fourth-order valence-electron chi connectivity index (χ4n) is 4.90. The zero-order chi connectivity index (χ0) is 17.9. The zero-order valence-corrected chi connectivity index (χ0v) is 16.8. The molecule has 3 atom stereocenters. The number of nitrogens with one attached hydrogen (secondary N) is 1. The molecule has 0 aromatic rings. The summed E-state index contributed by atoms with van der Waals surface area (Å²) in [7, 11) is 1.92. The van der Waals surface area contributed by atoms with Crippen molar-refractivity contribution in [1.82, 2.24) is 15.1 Å². The molecule has 1 N–H and O–H groups in total. The number of likely N-dealkylation sites (tertiary alicyclic amines) is 2. The van der Waals surface area contributed by atoms with E-state index >= 15 is 0 Å². The van der Waals surface area contributed by atoms with Crippen LogP contribution in [0, 0.1) is 11.3 Å². The van der Waals surface area contributed by atoms with E-state index in [0.29, 0.717) is 12.0 Å². The van der Waals surface area contributed by atoms with Crippen molar-refractivity contribution in [2.45, 2.75) is 65.0 Å². The summed E-state index contributed by atoms with van der Waals surface area (Å²) in [6.45, 7) is 13.6. The number of hydrogen-bond acceptors (Lipinski definition) is 3. The lowest BCUT2D eigenvalue weighted by atomic mass is 9.78. The summed E-state index contributed by atoms with van der Waals surface area (Å²) in [5.74, 6) is 1.66. The second-order valence-corrected chi connectivity index (χ2v) is 9.12.